The predicted octanol–water partition coefficient (Wildman–Crippen LogP) is 0.678. The Hall–Kier alpha value is -1.11. The van der Waals surface area contributed by atoms with Gasteiger partial charge >= 0.3 is 5.97 Å². The number of hydrogen-bond acceptors (Lipinski definition) is 5. The molecule has 1 aliphatic carbocycles. The molecule has 1 aliphatic rings. The number of carbonyl (C=O) groups excluding carboxylic acids is 2. The number of carbonyl (C=O) groups is 2. The molecule has 19 heavy (non-hydrogen) atoms. The molecule has 0 aliphatic heterocycles. The smallest absolute Gasteiger partial charge is 0.306 e. The van der Waals surface area contributed by atoms with Gasteiger partial charge in [0.2, 0.25) is 15.9 Å². The molecular weight excluding hydrogens is 270 g/mol. The highest BCUT2D eigenvalue weighted by atomic mass is 32.2. The third-order valence-corrected chi connectivity index (χ3v) is 4.55. The Morgan fingerprint density at radius 3 is 2.32 bits per heavy atom. The van der Waals surface area contributed by atoms with Crippen molar-refractivity contribution in [3.05, 3.63) is 0 Å². The maximum Gasteiger partial charge on any atom is 0.306 e. The molecule has 2 atom stereocenters. The third-order valence-electron chi connectivity index (χ3n) is 3.30. The summed E-state index contributed by atoms with van der Waals surface area (Å²) in [7, 11) is -2.57. The Morgan fingerprint density at radius 1 is 1.32 bits per heavy atom. The summed E-state index contributed by atoms with van der Waals surface area (Å²) >= 11 is 0. The first-order valence-corrected chi connectivity index (χ1v) is 7.83. The minimum atomic E-state index is -3.76. The zero-order valence-electron chi connectivity index (χ0n) is 11.7. The first-order chi connectivity index (χ1) is 8.57. The third kappa shape index (κ3) is 4.81. The molecule has 1 fully saturated rings. The van der Waals surface area contributed by atoms with Gasteiger partial charge in [-0.3, -0.25) is 14.3 Å². The van der Waals surface area contributed by atoms with Crippen LogP contribution in [0.1, 0.15) is 33.6 Å². The van der Waals surface area contributed by atoms with Crippen LogP contribution in [0.3, 0.4) is 0 Å². The number of rotatable bonds is 5. The highest BCUT2D eigenvalue weighted by Gasteiger charge is 2.50. The summed E-state index contributed by atoms with van der Waals surface area (Å²) < 4.78 is 29.6. The average molecular weight is 291 g/mol. The van der Waals surface area contributed by atoms with E-state index in [0.717, 1.165) is 0 Å². The number of ether oxygens (including phenoxy) is 1. The number of methoxy groups -OCH3 is 1. The summed E-state index contributed by atoms with van der Waals surface area (Å²) in [6.07, 6.45) is 0.453. The summed E-state index contributed by atoms with van der Waals surface area (Å²) in [5.74, 6) is -1.55. The molecule has 1 rings (SSSR count). The van der Waals surface area contributed by atoms with E-state index in [4.69, 9.17) is 0 Å². The van der Waals surface area contributed by atoms with Crippen molar-refractivity contribution in [1.82, 2.24) is 4.72 Å². The molecule has 0 spiro atoms. The largest absolute Gasteiger partial charge is 0.469 e. The van der Waals surface area contributed by atoms with Crippen LogP contribution in [0.25, 0.3) is 0 Å². The van der Waals surface area contributed by atoms with Gasteiger partial charge in [-0.1, -0.05) is 20.8 Å². The second kappa shape index (κ2) is 5.48. The van der Waals surface area contributed by atoms with Gasteiger partial charge in [-0.2, -0.15) is 0 Å². The van der Waals surface area contributed by atoms with Crippen molar-refractivity contribution in [2.24, 2.45) is 17.3 Å². The Kier molecular flexibility index (Phi) is 4.60. The normalized spacial score (nSPS) is 22.7. The van der Waals surface area contributed by atoms with Gasteiger partial charge in [0.05, 0.1) is 19.3 Å². The first-order valence-electron chi connectivity index (χ1n) is 6.18. The van der Waals surface area contributed by atoms with Crippen LogP contribution in [0.15, 0.2) is 0 Å². The number of esters is 1. The van der Waals surface area contributed by atoms with Crippen molar-refractivity contribution in [3.8, 4) is 0 Å². The van der Waals surface area contributed by atoms with E-state index in [1.54, 1.807) is 0 Å². The van der Waals surface area contributed by atoms with Crippen molar-refractivity contribution in [2.45, 2.75) is 33.6 Å². The summed E-state index contributed by atoms with van der Waals surface area (Å²) in [6.45, 7) is 6.07. The first kappa shape index (κ1) is 15.9. The van der Waals surface area contributed by atoms with E-state index in [1.807, 2.05) is 25.5 Å². The monoisotopic (exact) mass is 291 g/mol. The highest BCUT2D eigenvalue weighted by Crippen LogP contribution is 2.50. The minimum Gasteiger partial charge on any atom is -0.469 e. The number of hydrogen-bond donors (Lipinski definition) is 1. The average Bonchev–Trinajstić information content (AvgIpc) is 3.04. The molecule has 0 aromatic rings. The topological polar surface area (TPSA) is 89.5 Å². The molecule has 1 N–H and O–H groups in total. The molecule has 1 saturated carbocycles. The fourth-order valence-electron chi connectivity index (χ4n) is 2.04. The lowest BCUT2D eigenvalue weighted by atomic mass is 9.89. The molecule has 0 heterocycles. The zero-order chi connectivity index (χ0) is 14.8. The maximum absolute atomic E-state index is 11.8. The summed E-state index contributed by atoms with van der Waals surface area (Å²) in [5, 5.41) is 0. The zero-order valence-corrected chi connectivity index (χ0v) is 12.5. The second-order valence-electron chi connectivity index (χ2n) is 5.93. The molecule has 0 radical (unpaired) electrons. The molecule has 0 saturated heterocycles. The van der Waals surface area contributed by atoms with Gasteiger partial charge < -0.3 is 4.74 Å². The van der Waals surface area contributed by atoms with Gasteiger partial charge in [0.15, 0.2) is 0 Å². The molecular formula is C12H21NO5S. The van der Waals surface area contributed by atoms with Crippen molar-refractivity contribution in [2.75, 3.05) is 12.9 Å². The molecule has 6 nitrogen and oxygen atoms in total. The van der Waals surface area contributed by atoms with E-state index >= 15 is 0 Å². The van der Waals surface area contributed by atoms with Gasteiger partial charge in [-0.05, 0) is 17.8 Å². The minimum absolute atomic E-state index is 0.00220. The fraction of sp³-hybridized carbons (Fsp3) is 0.833. The highest BCUT2D eigenvalue weighted by molar-refractivity contribution is 7.90. The van der Waals surface area contributed by atoms with Crippen LogP contribution in [-0.2, 0) is 24.3 Å². The predicted molar refractivity (Wildman–Crippen MR) is 69.6 cm³/mol. The van der Waals surface area contributed by atoms with Gasteiger partial charge in [0.1, 0.15) is 0 Å². The van der Waals surface area contributed by atoms with Gasteiger partial charge in [-0.15, -0.1) is 0 Å². The number of sulfonamides is 1. The van der Waals surface area contributed by atoms with Crippen LogP contribution in [0.4, 0.5) is 0 Å². The quantitative estimate of drug-likeness (QED) is 0.752. The van der Waals surface area contributed by atoms with Crippen molar-refractivity contribution in [3.63, 3.8) is 0 Å². The Balaban J connectivity index is 2.47. The van der Waals surface area contributed by atoms with Gasteiger partial charge in [0, 0.05) is 5.92 Å². The second-order valence-corrected chi connectivity index (χ2v) is 7.77. The van der Waals surface area contributed by atoms with Crippen LogP contribution in [0.2, 0.25) is 0 Å². The fourth-order valence-corrected chi connectivity index (χ4v) is 3.04. The standard InChI is InChI=1S/C12H21NO5S/c1-12(2,3)9-7-8(9)11(15)13-19(16,17)6-5-10(14)18-4/h8-9H,5-7H2,1-4H3,(H,13,15)/t8-,9-/m1/s1. The Bertz CT molecular complexity index is 463. The Morgan fingerprint density at radius 2 is 1.89 bits per heavy atom. The lowest BCUT2D eigenvalue weighted by molar-refractivity contribution is -0.140. The van der Waals surface area contributed by atoms with Gasteiger partial charge in [0.25, 0.3) is 0 Å². The van der Waals surface area contributed by atoms with Crippen LogP contribution < -0.4 is 4.72 Å². The van der Waals surface area contributed by atoms with E-state index < -0.39 is 27.7 Å². The van der Waals surface area contributed by atoms with E-state index in [1.165, 1.54) is 7.11 Å². The molecule has 7 heteroatoms. The van der Waals surface area contributed by atoms with Crippen LogP contribution in [0, 0.1) is 17.3 Å². The molecule has 0 bridgehead atoms. The van der Waals surface area contributed by atoms with E-state index in [0.29, 0.717) is 6.42 Å². The van der Waals surface area contributed by atoms with Crippen molar-refractivity contribution in [1.29, 1.82) is 0 Å². The van der Waals surface area contributed by atoms with E-state index in [-0.39, 0.29) is 23.7 Å². The van der Waals surface area contributed by atoms with Crippen LogP contribution in [0.5, 0.6) is 0 Å². The Labute approximate surface area is 113 Å². The van der Waals surface area contributed by atoms with Crippen molar-refractivity contribution < 1.29 is 22.7 Å². The lowest BCUT2D eigenvalue weighted by Gasteiger charge is -2.17. The molecule has 110 valence electrons. The van der Waals surface area contributed by atoms with E-state index in [9.17, 15) is 18.0 Å². The summed E-state index contributed by atoms with van der Waals surface area (Å²) in [5.41, 5.74) is -0.00220. The molecule has 0 aromatic heterocycles. The van der Waals surface area contributed by atoms with Crippen LogP contribution in [-0.4, -0.2) is 33.2 Å². The number of nitrogens with one attached hydrogen (secondary N) is 1. The van der Waals surface area contributed by atoms with Crippen LogP contribution >= 0.6 is 0 Å². The van der Waals surface area contributed by atoms with Gasteiger partial charge in [-0.25, -0.2) is 8.42 Å². The van der Waals surface area contributed by atoms with E-state index in [2.05, 4.69) is 4.74 Å². The maximum atomic E-state index is 11.8. The molecule has 0 aromatic carbocycles. The molecule has 1 amide bonds. The SMILES string of the molecule is COC(=O)CCS(=O)(=O)NC(=O)[C@@H]1C[C@H]1C(C)(C)C. The summed E-state index contributed by atoms with van der Waals surface area (Å²) in [4.78, 5) is 22.7. The van der Waals surface area contributed by atoms with Crippen molar-refractivity contribution >= 4 is 21.9 Å². The summed E-state index contributed by atoms with van der Waals surface area (Å²) in [6, 6.07) is 0. The number of amides is 1. The lowest BCUT2D eigenvalue weighted by Crippen LogP contribution is -2.35. The molecule has 0 unspecified atom stereocenters.